The summed E-state index contributed by atoms with van der Waals surface area (Å²) in [7, 11) is 2.04. The third-order valence-electron chi connectivity index (χ3n) is 14.3. The Morgan fingerprint density at radius 1 is 0.329 bits per heavy atom. The van der Waals surface area contributed by atoms with Crippen molar-refractivity contribution in [3.8, 4) is 0 Å². The average molecular weight is 1170 g/mol. The molecule has 17 heteroatoms. The Morgan fingerprint density at radius 2 is 0.671 bits per heavy atom. The number of allylic oxidation sites excluding steroid dienone is 4. The van der Waals surface area contributed by atoms with E-state index in [1.54, 1.807) is 0 Å². The molecule has 17 nitrogen and oxygen atoms in total. The van der Waals surface area contributed by atoms with E-state index in [4.69, 9.17) is 37.9 Å². The summed E-state index contributed by atoms with van der Waals surface area (Å²) in [6, 6.07) is 0. The second-order valence-corrected chi connectivity index (χ2v) is 21.9. The van der Waals surface area contributed by atoms with Crippen LogP contribution in [0.2, 0.25) is 0 Å². The zero-order chi connectivity index (χ0) is 60.4. The standard InChI is InChI=1S/C65H119N3O14/c1-8-14-20-24-26-30-50-75-60(69)38-46-67(48-40-62(71)77-52-54-79-64(73)81-56-58(34-18-12-5)36-28-22-16-10-3)44-32-42-66(7)43-33-45-68(47-39-61(70)76-51-31-27-25-21-15-9-2)49-41-63(72)78-53-55-80-65(74)82-57-59(35-19-13-6)37-29-23-17-11-4/h14-15,20-21,58-59H,8-13,16-19,22-57H2,1-7H3/b20-14-,21-15-. The third-order valence-corrected chi connectivity index (χ3v) is 14.3. The first kappa shape index (κ1) is 77.8. The van der Waals surface area contributed by atoms with Crippen molar-refractivity contribution in [3.05, 3.63) is 24.3 Å². The lowest BCUT2D eigenvalue weighted by Gasteiger charge is -2.25. The van der Waals surface area contributed by atoms with Crippen molar-refractivity contribution in [2.75, 3.05) is 112 Å². The highest BCUT2D eigenvalue weighted by molar-refractivity contribution is 5.71. The van der Waals surface area contributed by atoms with Gasteiger partial charge in [0.1, 0.15) is 26.4 Å². The maximum atomic E-state index is 12.9. The molecule has 0 rings (SSSR count). The van der Waals surface area contributed by atoms with Crippen molar-refractivity contribution in [3.63, 3.8) is 0 Å². The van der Waals surface area contributed by atoms with Crippen LogP contribution in [0.4, 0.5) is 9.59 Å². The zero-order valence-electron chi connectivity index (χ0n) is 53.0. The quantitative estimate of drug-likeness (QED) is 0.0242. The predicted molar refractivity (Wildman–Crippen MR) is 327 cm³/mol. The summed E-state index contributed by atoms with van der Waals surface area (Å²) in [5.74, 6) is -0.759. The number of ether oxygens (including phenoxy) is 8. The van der Waals surface area contributed by atoms with Crippen molar-refractivity contribution < 1.29 is 66.7 Å². The summed E-state index contributed by atoms with van der Waals surface area (Å²) in [5, 5.41) is 0. The molecule has 0 amide bonds. The van der Waals surface area contributed by atoms with Gasteiger partial charge in [0, 0.05) is 26.2 Å². The molecule has 0 aliphatic heterocycles. The van der Waals surface area contributed by atoms with Gasteiger partial charge in [0.2, 0.25) is 0 Å². The lowest BCUT2D eigenvalue weighted by molar-refractivity contribution is -0.146. The summed E-state index contributed by atoms with van der Waals surface area (Å²) in [6.45, 7) is 18.4. The maximum absolute atomic E-state index is 12.9. The molecule has 0 radical (unpaired) electrons. The van der Waals surface area contributed by atoms with Crippen molar-refractivity contribution in [1.29, 1.82) is 0 Å². The van der Waals surface area contributed by atoms with Crippen LogP contribution in [0.3, 0.4) is 0 Å². The summed E-state index contributed by atoms with van der Waals surface area (Å²) < 4.78 is 43.2. The molecular formula is C65H119N3O14. The van der Waals surface area contributed by atoms with Crippen molar-refractivity contribution >= 4 is 36.2 Å². The molecule has 0 fully saturated rings. The van der Waals surface area contributed by atoms with Gasteiger partial charge >= 0.3 is 36.2 Å². The second kappa shape index (κ2) is 58.5. The summed E-state index contributed by atoms with van der Waals surface area (Å²) in [6.07, 6.45) is 34.5. The van der Waals surface area contributed by atoms with Gasteiger partial charge < -0.3 is 52.6 Å². The first-order valence-corrected chi connectivity index (χ1v) is 32.6. The Bertz CT molecular complexity index is 1500. The van der Waals surface area contributed by atoms with Gasteiger partial charge in [-0.1, -0.05) is 143 Å². The Hall–Kier alpha value is -4.22. The number of hydrogen-bond acceptors (Lipinski definition) is 17. The fourth-order valence-corrected chi connectivity index (χ4v) is 9.21. The summed E-state index contributed by atoms with van der Waals surface area (Å²) in [5.41, 5.74) is 0. The van der Waals surface area contributed by atoms with Gasteiger partial charge in [0.25, 0.3) is 0 Å². The highest BCUT2D eigenvalue weighted by Gasteiger charge is 2.18. The zero-order valence-corrected chi connectivity index (χ0v) is 53.0. The first-order chi connectivity index (χ1) is 39.9. The minimum Gasteiger partial charge on any atom is -0.466 e. The Balaban J connectivity index is 5.30. The van der Waals surface area contributed by atoms with Crippen molar-refractivity contribution in [2.24, 2.45) is 11.8 Å². The molecule has 0 aromatic carbocycles. The van der Waals surface area contributed by atoms with Crippen LogP contribution in [0, 0.1) is 11.8 Å². The van der Waals surface area contributed by atoms with Gasteiger partial charge in [-0.3, -0.25) is 19.2 Å². The molecule has 0 N–H and O–H groups in total. The van der Waals surface area contributed by atoms with Crippen LogP contribution in [0.25, 0.3) is 0 Å². The molecule has 0 spiro atoms. The molecule has 478 valence electrons. The molecule has 0 heterocycles. The number of esters is 4. The van der Waals surface area contributed by atoms with E-state index in [-0.39, 0.29) is 64.0 Å². The third kappa shape index (κ3) is 52.6. The van der Waals surface area contributed by atoms with E-state index >= 15 is 0 Å². The molecular weight excluding hydrogens is 1050 g/mol. The SMILES string of the molecule is CC/C=C\CCCCOC(=O)CCN(CCCN(C)CCCN(CCC(=O)OCCCC/C=C\CC)CCC(=O)OCCOC(=O)OCC(CCCC)CCCCCC)CCC(=O)OCCOC(=O)OCC(CCCC)CCCCCC. The molecule has 0 aliphatic carbocycles. The summed E-state index contributed by atoms with van der Waals surface area (Å²) >= 11 is 0. The minimum absolute atomic E-state index is 0.0769. The summed E-state index contributed by atoms with van der Waals surface area (Å²) in [4.78, 5) is 82.3. The molecule has 0 bridgehead atoms. The van der Waals surface area contributed by atoms with Crippen LogP contribution in [-0.4, -0.2) is 163 Å². The normalized spacial score (nSPS) is 12.3. The number of carbonyl (C=O) groups excluding carboxylic acids is 6. The van der Waals surface area contributed by atoms with Crippen LogP contribution in [-0.2, 0) is 57.1 Å². The molecule has 0 aliphatic rings. The number of rotatable bonds is 58. The number of hydrogen-bond donors (Lipinski definition) is 0. The van der Waals surface area contributed by atoms with Gasteiger partial charge in [-0.15, -0.1) is 0 Å². The Labute approximate surface area is 498 Å². The van der Waals surface area contributed by atoms with E-state index < -0.39 is 24.2 Å². The molecule has 0 saturated carbocycles. The predicted octanol–water partition coefficient (Wildman–Crippen LogP) is 14.2. The van der Waals surface area contributed by atoms with Crippen LogP contribution >= 0.6 is 0 Å². The Kier molecular flexibility index (Phi) is 55.5. The number of carbonyl (C=O) groups is 6. The van der Waals surface area contributed by atoms with Gasteiger partial charge in [-0.2, -0.15) is 0 Å². The molecule has 2 atom stereocenters. The van der Waals surface area contributed by atoms with Crippen molar-refractivity contribution in [2.45, 2.75) is 234 Å². The highest BCUT2D eigenvalue weighted by Crippen LogP contribution is 2.20. The van der Waals surface area contributed by atoms with Crippen LogP contribution < -0.4 is 0 Å². The number of nitrogens with zero attached hydrogens (tertiary/aromatic N) is 3. The molecule has 2 unspecified atom stereocenters. The van der Waals surface area contributed by atoms with E-state index in [2.05, 4.69) is 80.5 Å². The Morgan fingerprint density at radius 3 is 1.02 bits per heavy atom. The molecule has 0 saturated heterocycles. The fourth-order valence-electron chi connectivity index (χ4n) is 9.21. The maximum Gasteiger partial charge on any atom is 0.508 e. The van der Waals surface area contributed by atoms with E-state index in [1.807, 2.05) is 7.05 Å². The first-order valence-electron chi connectivity index (χ1n) is 32.6. The molecule has 0 aromatic heterocycles. The lowest BCUT2D eigenvalue weighted by Crippen LogP contribution is -2.34. The van der Waals surface area contributed by atoms with E-state index in [1.165, 1.54) is 38.5 Å². The van der Waals surface area contributed by atoms with Crippen molar-refractivity contribution in [1.82, 2.24) is 14.7 Å². The van der Waals surface area contributed by atoms with Gasteiger partial charge in [0.15, 0.2) is 0 Å². The van der Waals surface area contributed by atoms with E-state index in [0.29, 0.717) is 77.5 Å². The van der Waals surface area contributed by atoms with Gasteiger partial charge in [-0.25, -0.2) is 9.59 Å². The highest BCUT2D eigenvalue weighted by atomic mass is 16.7. The topological polar surface area (TPSA) is 186 Å². The number of unbranched alkanes of at least 4 members (excludes halogenated alkanes) is 12. The monoisotopic (exact) mass is 1170 g/mol. The van der Waals surface area contributed by atoms with Gasteiger partial charge in [-0.05, 0) is 135 Å². The average Bonchev–Trinajstić information content (AvgIpc) is 3.47. The smallest absolute Gasteiger partial charge is 0.466 e. The lowest BCUT2D eigenvalue weighted by atomic mass is 9.96. The fraction of sp³-hybridized carbons (Fsp3) is 0.846. The van der Waals surface area contributed by atoms with Gasteiger partial charge in [0.05, 0.1) is 52.1 Å². The van der Waals surface area contributed by atoms with E-state index in [9.17, 15) is 28.8 Å². The largest absolute Gasteiger partial charge is 0.508 e. The molecule has 0 aromatic rings. The minimum atomic E-state index is -0.749. The molecule has 82 heavy (non-hydrogen) atoms. The van der Waals surface area contributed by atoms with Crippen LogP contribution in [0.15, 0.2) is 24.3 Å². The van der Waals surface area contributed by atoms with E-state index in [0.717, 1.165) is 142 Å². The second-order valence-electron chi connectivity index (χ2n) is 21.9. The van der Waals surface area contributed by atoms with Crippen LogP contribution in [0.1, 0.15) is 234 Å². The van der Waals surface area contributed by atoms with Crippen LogP contribution in [0.5, 0.6) is 0 Å².